The first-order valence-electron chi connectivity index (χ1n) is 6.61. The van der Waals surface area contributed by atoms with Crippen molar-refractivity contribution in [3.63, 3.8) is 0 Å². The van der Waals surface area contributed by atoms with Gasteiger partial charge in [0, 0.05) is 19.1 Å². The predicted octanol–water partition coefficient (Wildman–Crippen LogP) is 1.88. The highest BCUT2D eigenvalue weighted by atomic mass is 16.5. The minimum atomic E-state index is -0.00970. The molecule has 1 fully saturated rings. The monoisotopic (exact) mass is 228 g/mol. The Bertz CT molecular complexity index is 183. The Morgan fingerprint density at radius 3 is 2.62 bits per heavy atom. The van der Waals surface area contributed by atoms with Gasteiger partial charge in [-0.3, -0.25) is 4.90 Å². The quantitative estimate of drug-likeness (QED) is 0.777. The molecule has 0 aromatic heterocycles. The Balaban J connectivity index is 2.25. The van der Waals surface area contributed by atoms with Gasteiger partial charge in [0.1, 0.15) is 0 Å². The molecule has 1 saturated heterocycles. The van der Waals surface area contributed by atoms with Gasteiger partial charge in [-0.25, -0.2) is 0 Å². The molecule has 1 rings (SSSR count). The fraction of sp³-hybridized carbons (Fsp3) is 1.00. The van der Waals surface area contributed by atoms with E-state index < -0.39 is 0 Å². The van der Waals surface area contributed by atoms with Crippen molar-refractivity contribution < 1.29 is 4.74 Å². The van der Waals surface area contributed by atoms with Crippen LogP contribution in [0, 0.1) is 0 Å². The van der Waals surface area contributed by atoms with E-state index in [4.69, 9.17) is 4.74 Å². The molecule has 0 radical (unpaired) electrons. The van der Waals surface area contributed by atoms with Crippen molar-refractivity contribution in [1.82, 2.24) is 10.2 Å². The van der Waals surface area contributed by atoms with Crippen LogP contribution in [-0.2, 0) is 4.74 Å². The highest BCUT2D eigenvalue weighted by Crippen LogP contribution is 2.11. The van der Waals surface area contributed by atoms with Gasteiger partial charge in [-0.1, -0.05) is 6.92 Å². The molecule has 1 atom stereocenters. The van der Waals surface area contributed by atoms with Gasteiger partial charge in [0.15, 0.2) is 0 Å². The van der Waals surface area contributed by atoms with Gasteiger partial charge in [-0.15, -0.1) is 0 Å². The van der Waals surface area contributed by atoms with Gasteiger partial charge in [-0.05, 0) is 46.7 Å². The number of hydrogen-bond donors (Lipinski definition) is 1. The first-order chi connectivity index (χ1) is 7.53. The lowest BCUT2D eigenvalue weighted by Gasteiger charge is -2.34. The summed E-state index contributed by atoms with van der Waals surface area (Å²) in [5.74, 6) is 0. The molecule has 0 spiro atoms. The molecular formula is C13H28N2O. The molecule has 1 heterocycles. The maximum Gasteiger partial charge on any atom is 0.0600 e. The van der Waals surface area contributed by atoms with Gasteiger partial charge in [0.25, 0.3) is 0 Å². The number of likely N-dealkylation sites (N-methyl/N-ethyl adjacent to an activating group) is 1. The van der Waals surface area contributed by atoms with Crippen molar-refractivity contribution in [2.24, 2.45) is 0 Å². The molecule has 0 aromatic rings. The standard InChI is InChI=1S/C13H28N2O/c1-5-15(9-10-16-13(2,3)4)12-7-6-8-14-11-12/h12,14H,5-11H2,1-4H3. The largest absolute Gasteiger partial charge is 0.375 e. The molecule has 3 heteroatoms. The Morgan fingerprint density at radius 2 is 2.12 bits per heavy atom. The highest BCUT2D eigenvalue weighted by Gasteiger charge is 2.20. The van der Waals surface area contributed by atoms with E-state index in [1.54, 1.807) is 0 Å². The Hall–Kier alpha value is -0.120. The molecule has 1 aliphatic rings. The molecule has 16 heavy (non-hydrogen) atoms. The van der Waals surface area contributed by atoms with Gasteiger partial charge in [0.05, 0.1) is 12.2 Å². The van der Waals surface area contributed by atoms with E-state index in [1.807, 2.05) is 0 Å². The highest BCUT2D eigenvalue weighted by molar-refractivity contribution is 4.77. The first kappa shape index (κ1) is 13.9. The van der Waals surface area contributed by atoms with Crippen molar-refractivity contribution >= 4 is 0 Å². The zero-order valence-corrected chi connectivity index (χ0v) is 11.4. The SMILES string of the molecule is CCN(CCOC(C)(C)C)C1CCCNC1. The van der Waals surface area contributed by atoms with E-state index in [9.17, 15) is 0 Å². The van der Waals surface area contributed by atoms with Crippen LogP contribution in [-0.4, -0.2) is 49.3 Å². The van der Waals surface area contributed by atoms with Crippen LogP contribution in [0.1, 0.15) is 40.5 Å². The Morgan fingerprint density at radius 1 is 1.38 bits per heavy atom. The summed E-state index contributed by atoms with van der Waals surface area (Å²) in [6.45, 7) is 13.9. The second-order valence-electron chi connectivity index (χ2n) is 5.59. The summed E-state index contributed by atoms with van der Waals surface area (Å²) in [5.41, 5.74) is -0.00970. The molecule has 0 bridgehead atoms. The van der Waals surface area contributed by atoms with Crippen LogP contribution in [0.4, 0.5) is 0 Å². The van der Waals surface area contributed by atoms with Crippen LogP contribution in [0.15, 0.2) is 0 Å². The normalized spacial score (nSPS) is 22.7. The third kappa shape index (κ3) is 5.28. The lowest BCUT2D eigenvalue weighted by atomic mass is 10.1. The van der Waals surface area contributed by atoms with Crippen LogP contribution in [0.2, 0.25) is 0 Å². The van der Waals surface area contributed by atoms with Crippen molar-refractivity contribution in [3.8, 4) is 0 Å². The van der Waals surface area contributed by atoms with E-state index in [0.29, 0.717) is 6.04 Å². The molecule has 1 unspecified atom stereocenters. The fourth-order valence-electron chi connectivity index (χ4n) is 2.21. The molecule has 3 nitrogen and oxygen atoms in total. The minimum Gasteiger partial charge on any atom is -0.375 e. The third-order valence-corrected chi connectivity index (χ3v) is 3.11. The van der Waals surface area contributed by atoms with Gasteiger partial charge >= 0.3 is 0 Å². The first-order valence-corrected chi connectivity index (χ1v) is 6.61. The zero-order valence-electron chi connectivity index (χ0n) is 11.4. The summed E-state index contributed by atoms with van der Waals surface area (Å²) in [5, 5.41) is 3.47. The van der Waals surface area contributed by atoms with Crippen LogP contribution < -0.4 is 5.32 Å². The second kappa shape index (κ2) is 6.58. The molecule has 0 aromatic carbocycles. The summed E-state index contributed by atoms with van der Waals surface area (Å²) < 4.78 is 5.79. The Labute approximate surface area is 101 Å². The van der Waals surface area contributed by atoms with E-state index >= 15 is 0 Å². The molecule has 0 saturated carbocycles. The fourth-order valence-corrected chi connectivity index (χ4v) is 2.21. The minimum absolute atomic E-state index is 0.00970. The summed E-state index contributed by atoms with van der Waals surface area (Å²) >= 11 is 0. The summed E-state index contributed by atoms with van der Waals surface area (Å²) in [7, 11) is 0. The molecule has 0 amide bonds. The summed E-state index contributed by atoms with van der Waals surface area (Å²) in [6.07, 6.45) is 2.64. The van der Waals surface area contributed by atoms with Crippen molar-refractivity contribution in [2.45, 2.75) is 52.2 Å². The van der Waals surface area contributed by atoms with Crippen molar-refractivity contribution in [1.29, 1.82) is 0 Å². The lowest BCUT2D eigenvalue weighted by molar-refractivity contribution is -0.0182. The molecule has 1 N–H and O–H groups in total. The van der Waals surface area contributed by atoms with Gasteiger partial charge in [-0.2, -0.15) is 0 Å². The second-order valence-corrected chi connectivity index (χ2v) is 5.59. The van der Waals surface area contributed by atoms with E-state index in [-0.39, 0.29) is 5.60 Å². The number of ether oxygens (including phenoxy) is 1. The van der Waals surface area contributed by atoms with Crippen LogP contribution in [0.25, 0.3) is 0 Å². The van der Waals surface area contributed by atoms with E-state index in [2.05, 4.69) is 37.9 Å². The maximum atomic E-state index is 5.79. The zero-order chi connectivity index (χ0) is 12.0. The Kier molecular flexibility index (Phi) is 5.73. The lowest BCUT2D eigenvalue weighted by Crippen LogP contribution is -2.47. The molecule has 96 valence electrons. The topological polar surface area (TPSA) is 24.5 Å². The van der Waals surface area contributed by atoms with Crippen LogP contribution >= 0.6 is 0 Å². The molecule has 1 aliphatic heterocycles. The number of hydrogen-bond acceptors (Lipinski definition) is 3. The van der Waals surface area contributed by atoms with Gasteiger partial charge < -0.3 is 10.1 Å². The van der Waals surface area contributed by atoms with Crippen molar-refractivity contribution in [3.05, 3.63) is 0 Å². The molecule has 0 aliphatic carbocycles. The van der Waals surface area contributed by atoms with Crippen LogP contribution in [0.3, 0.4) is 0 Å². The van der Waals surface area contributed by atoms with E-state index in [1.165, 1.54) is 19.4 Å². The number of nitrogens with zero attached hydrogens (tertiary/aromatic N) is 1. The molecular weight excluding hydrogens is 200 g/mol. The number of rotatable bonds is 5. The van der Waals surface area contributed by atoms with E-state index in [0.717, 1.165) is 26.2 Å². The number of piperidine rings is 1. The van der Waals surface area contributed by atoms with Crippen LogP contribution in [0.5, 0.6) is 0 Å². The van der Waals surface area contributed by atoms with Crippen molar-refractivity contribution in [2.75, 3.05) is 32.8 Å². The summed E-state index contributed by atoms with van der Waals surface area (Å²) in [4.78, 5) is 2.54. The predicted molar refractivity (Wildman–Crippen MR) is 68.8 cm³/mol. The average Bonchev–Trinajstić information content (AvgIpc) is 2.24. The third-order valence-electron chi connectivity index (χ3n) is 3.11. The summed E-state index contributed by atoms with van der Waals surface area (Å²) in [6, 6.07) is 0.710. The smallest absolute Gasteiger partial charge is 0.0600 e. The average molecular weight is 228 g/mol. The number of nitrogens with one attached hydrogen (secondary N) is 1. The maximum absolute atomic E-state index is 5.79. The van der Waals surface area contributed by atoms with Gasteiger partial charge in [0.2, 0.25) is 0 Å².